The zero-order valence-corrected chi connectivity index (χ0v) is 24.3. The van der Waals surface area contributed by atoms with Gasteiger partial charge in [-0.25, -0.2) is 9.97 Å². The second-order valence-electron chi connectivity index (χ2n) is 11.1. The van der Waals surface area contributed by atoms with Crippen LogP contribution in [-0.2, 0) is 16.1 Å². The molecule has 4 aromatic rings. The molecule has 2 saturated heterocycles. The number of nitrogens with one attached hydrogen (secondary N) is 3. The number of aromatic nitrogens is 4. The highest BCUT2D eigenvalue weighted by atomic mass is 16.5. The number of benzene rings is 1. The molecule has 0 unspecified atom stereocenters. The number of likely N-dealkylation sites (tertiary alicyclic amines) is 1. The zero-order valence-electron chi connectivity index (χ0n) is 24.3. The molecule has 6 rings (SSSR count). The second-order valence-corrected chi connectivity index (χ2v) is 11.1. The van der Waals surface area contributed by atoms with E-state index in [1.807, 2.05) is 36.4 Å². The first-order valence-electron chi connectivity index (χ1n) is 14.7. The van der Waals surface area contributed by atoms with Gasteiger partial charge in [-0.2, -0.15) is 0 Å². The number of hydrogen-bond acceptors (Lipinski definition) is 8. The van der Waals surface area contributed by atoms with Crippen LogP contribution in [0.5, 0.6) is 0 Å². The highest BCUT2D eigenvalue weighted by molar-refractivity contribution is 6.03. The van der Waals surface area contributed by atoms with Crippen molar-refractivity contribution in [3.63, 3.8) is 0 Å². The van der Waals surface area contributed by atoms with Gasteiger partial charge in [-0.1, -0.05) is 18.7 Å². The number of rotatable bonds is 8. The summed E-state index contributed by atoms with van der Waals surface area (Å²) in [5.74, 6) is 0.488. The highest BCUT2D eigenvalue weighted by Gasteiger charge is 2.24. The van der Waals surface area contributed by atoms with Crippen molar-refractivity contribution in [2.45, 2.75) is 38.4 Å². The third-order valence-corrected chi connectivity index (χ3v) is 8.00. The van der Waals surface area contributed by atoms with Gasteiger partial charge in [-0.15, -0.1) is 0 Å². The number of amides is 2. The van der Waals surface area contributed by atoms with Gasteiger partial charge in [0, 0.05) is 43.3 Å². The van der Waals surface area contributed by atoms with Crippen molar-refractivity contribution in [1.29, 1.82) is 0 Å². The standard InChI is InChI=1S/C32H36N8O3/c1-3-29(41)36-25-5-4-12-39(18-25)17-22-10-11-33-28(15-22)32(42)37-24-8-6-23(7-9-24)27-16-26-30(38-27)34-20-35-31(26)40-13-14-43-19-21(40)2/h3,6-11,15-16,20-21,25H,1,4-5,12-14,17-19H2,2H3,(H,36,41)(H,37,42)(H,34,35,38)/t21-,25-/m1/s1. The van der Waals surface area contributed by atoms with Crippen LogP contribution < -0.4 is 15.5 Å². The van der Waals surface area contributed by atoms with E-state index in [1.54, 1.807) is 12.5 Å². The van der Waals surface area contributed by atoms with Gasteiger partial charge < -0.3 is 25.3 Å². The minimum atomic E-state index is -0.269. The zero-order chi connectivity index (χ0) is 29.8. The Hall–Kier alpha value is -4.61. The molecule has 222 valence electrons. The Morgan fingerprint density at radius 1 is 1.14 bits per heavy atom. The van der Waals surface area contributed by atoms with Crippen molar-refractivity contribution in [2.75, 3.05) is 43.1 Å². The predicted molar refractivity (Wildman–Crippen MR) is 166 cm³/mol. The summed E-state index contributed by atoms with van der Waals surface area (Å²) < 4.78 is 5.60. The molecule has 0 aliphatic carbocycles. The van der Waals surface area contributed by atoms with Crippen LogP contribution in [0.2, 0.25) is 0 Å². The van der Waals surface area contributed by atoms with E-state index < -0.39 is 0 Å². The molecule has 2 atom stereocenters. The first kappa shape index (κ1) is 28.5. The molecule has 2 fully saturated rings. The molecule has 5 heterocycles. The first-order valence-corrected chi connectivity index (χ1v) is 14.7. The Morgan fingerprint density at radius 3 is 2.81 bits per heavy atom. The lowest BCUT2D eigenvalue weighted by atomic mass is 10.0. The highest BCUT2D eigenvalue weighted by Crippen LogP contribution is 2.31. The number of carbonyl (C=O) groups excluding carboxylic acids is 2. The van der Waals surface area contributed by atoms with Gasteiger partial charge in [-0.05, 0) is 73.8 Å². The minimum absolute atomic E-state index is 0.0969. The summed E-state index contributed by atoms with van der Waals surface area (Å²) in [6.45, 7) is 10.2. The number of pyridine rings is 1. The number of nitrogens with zero attached hydrogens (tertiary/aromatic N) is 5. The molecule has 0 radical (unpaired) electrons. The molecule has 2 aliphatic rings. The van der Waals surface area contributed by atoms with E-state index >= 15 is 0 Å². The number of piperidine rings is 1. The molecule has 3 N–H and O–H groups in total. The third-order valence-electron chi connectivity index (χ3n) is 8.00. The summed E-state index contributed by atoms with van der Waals surface area (Å²) in [4.78, 5) is 46.1. The van der Waals surface area contributed by atoms with Crippen LogP contribution in [0, 0.1) is 0 Å². The maximum Gasteiger partial charge on any atom is 0.274 e. The lowest BCUT2D eigenvalue weighted by Gasteiger charge is -2.34. The number of fused-ring (bicyclic) bond motifs is 1. The summed E-state index contributed by atoms with van der Waals surface area (Å²) in [7, 11) is 0. The number of anilines is 2. The van der Waals surface area contributed by atoms with Crippen LogP contribution in [0.4, 0.5) is 11.5 Å². The van der Waals surface area contributed by atoms with Crippen LogP contribution in [0.3, 0.4) is 0 Å². The summed E-state index contributed by atoms with van der Waals surface area (Å²) in [6.07, 6.45) is 6.51. The molecular formula is C32H36N8O3. The lowest BCUT2D eigenvalue weighted by molar-refractivity contribution is -0.117. The number of ether oxygens (including phenoxy) is 1. The molecule has 2 aliphatic heterocycles. The summed E-state index contributed by atoms with van der Waals surface area (Å²) in [6, 6.07) is 13.8. The van der Waals surface area contributed by atoms with E-state index in [-0.39, 0.29) is 23.9 Å². The van der Waals surface area contributed by atoms with Gasteiger partial charge in [0.15, 0.2) is 0 Å². The normalized spacial score (nSPS) is 19.2. The van der Waals surface area contributed by atoms with Gasteiger partial charge in [0.05, 0.1) is 24.6 Å². The number of aromatic amines is 1. The van der Waals surface area contributed by atoms with E-state index in [2.05, 4.69) is 59.9 Å². The molecule has 1 aromatic carbocycles. The second kappa shape index (κ2) is 12.7. The lowest BCUT2D eigenvalue weighted by Crippen LogP contribution is -2.46. The topological polar surface area (TPSA) is 128 Å². The summed E-state index contributed by atoms with van der Waals surface area (Å²) in [5, 5.41) is 6.92. The summed E-state index contributed by atoms with van der Waals surface area (Å²) in [5.41, 5.74) is 4.71. The Labute approximate surface area is 250 Å². The largest absolute Gasteiger partial charge is 0.377 e. The van der Waals surface area contributed by atoms with Gasteiger partial charge >= 0.3 is 0 Å². The van der Waals surface area contributed by atoms with E-state index in [9.17, 15) is 9.59 Å². The molecule has 0 spiro atoms. The van der Waals surface area contributed by atoms with Gasteiger partial charge in [0.1, 0.15) is 23.5 Å². The third kappa shape index (κ3) is 6.58. The maximum absolute atomic E-state index is 13.1. The van der Waals surface area contributed by atoms with Gasteiger partial charge in [-0.3, -0.25) is 19.5 Å². The van der Waals surface area contributed by atoms with Crippen LogP contribution in [0.1, 0.15) is 35.8 Å². The van der Waals surface area contributed by atoms with Crippen molar-refractivity contribution in [3.05, 3.63) is 78.9 Å². The molecule has 11 nitrogen and oxygen atoms in total. The van der Waals surface area contributed by atoms with Crippen molar-refractivity contribution in [1.82, 2.24) is 30.2 Å². The Morgan fingerprint density at radius 2 is 2.00 bits per heavy atom. The Kier molecular flexibility index (Phi) is 8.43. The Bertz CT molecular complexity index is 1620. The van der Waals surface area contributed by atoms with Crippen LogP contribution >= 0.6 is 0 Å². The fourth-order valence-corrected chi connectivity index (χ4v) is 5.81. The van der Waals surface area contributed by atoms with E-state index in [1.165, 1.54) is 6.08 Å². The van der Waals surface area contributed by atoms with Crippen molar-refractivity contribution >= 4 is 34.4 Å². The van der Waals surface area contributed by atoms with Crippen molar-refractivity contribution < 1.29 is 14.3 Å². The van der Waals surface area contributed by atoms with E-state index in [0.717, 1.165) is 66.1 Å². The monoisotopic (exact) mass is 580 g/mol. The fourth-order valence-electron chi connectivity index (χ4n) is 5.81. The molecular weight excluding hydrogens is 544 g/mol. The average molecular weight is 581 g/mol. The SMILES string of the molecule is C=CC(=O)N[C@@H]1CCCN(Cc2ccnc(C(=O)Nc3ccc(-c4cc5c(N6CCOC[C@H]6C)ncnc5[nH]4)cc3)c2)C1. The Balaban J connectivity index is 1.10. The molecule has 11 heteroatoms. The summed E-state index contributed by atoms with van der Waals surface area (Å²) >= 11 is 0. The molecule has 0 saturated carbocycles. The average Bonchev–Trinajstić information content (AvgIpc) is 3.47. The smallest absolute Gasteiger partial charge is 0.274 e. The molecule has 0 bridgehead atoms. The number of morpholine rings is 1. The first-order chi connectivity index (χ1) is 21.0. The van der Waals surface area contributed by atoms with E-state index in [4.69, 9.17) is 4.74 Å². The van der Waals surface area contributed by atoms with Gasteiger partial charge in [0.2, 0.25) is 5.91 Å². The number of hydrogen-bond donors (Lipinski definition) is 3. The van der Waals surface area contributed by atoms with Crippen molar-refractivity contribution in [3.8, 4) is 11.3 Å². The number of carbonyl (C=O) groups is 2. The quantitative estimate of drug-likeness (QED) is 0.269. The van der Waals surface area contributed by atoms with Crippen LogP contribution in [-0.4, -0.2) is 81.6 Å². The predicted octanol–water partition coefficient (Wildman–Crippen LogP) is 3.76. The minimum Gasteiger partial charge on any atom is -0.377 e. The van der Waals surface area contributed by atoms with Gasteiger partial charge in [0.25, 0.3) is 5.91 Å². The fraction of sp³-hybridized carbons (Fsp3) is 0.344. The van der Waals surface area contributed by atoms with Crippen LogP contribution in [0.15, 0.2) is 67.6 Å². The maximum atomic E-state index is 13.1. The van der Waals surface area contributed by atoms with Crippen LogP contribution in [0.25, 0.3) is 22.3 Å². The number of H-pyrrole nitrogens is 1. The molecule has 3 aromatic heterocycles. The van der Waals surface area contributed by atoms with Crippen molar-refractivity contribution in [2.24, 2.45) is 0 Å². The molecule has 2 amide bonds. The molecule has 43 heavy (non-hydrogen) atoms. The van der Waals surface area contributed by atoms with E-state index in [0.29, 0.717) is 31.1 Å².